The van der Waals surface area contributed by atoms with E-state index in [2.05, 4.69) is 16.3 Å². The van der Waals surface area contributed by atoms with Crippen LogP contribution in [0.2, 0.25) is 0 Å². The fourth-order valence-corrected chi connectivity index (χ4v) is 5.64. The minimum atomic E-state index is -3.98. The molecule has 0 bridgehead atoms. The molecule has 0 spiro atoms. The Morgan fingerprint density at radius 1 is 1.18 bits per heavy atom. The number of pyridine rings is 1. The lowest BCUT2D eigenvalue weighted by molar-refractivity contribution is -0.139. The second-order valence-electron chi connectivity index (χ2n) is 8.03. The molecule has 1 saturated carbocycles. The van der Waals surface area contributed by atoms with Crippen LogP contribution in [0.1, 0.15) is 12.8 Å². The number of halogens is 2. The summed E-state index contributed by atoms with van der Waals surface area (Å²) in [6.45, 7) is 0.792. The molecule has 9 nitrogen and oxygen atoms in total. The highest BCUT2D eigenvalue weighted by atomic mass is 32.2. The molecule has 12 heteroatoms. The lowest BCUT2D eigenvalue weighted by atomic mass is 10.2. The number of carbonyl (C=O) groups is 2. The fraction of sp³-hybridized carbons (Fsp3) is 0.409. The van der Waals surface area contributed by atoms with Crippen molar-refractivity contribution in [3.63, 3.8) is 0 Å². The van der Waals surface area contributed by atoms with E-state index in [1.807, 2.05) is 0 Å². The number of benzene rings is 1. The maximum absolute atomic E-state index is 13.4. The molecule has 2 aromatic rings. The number of amides is 2. The maximum Gasteiger partial charge on any atom is 0.388 e. The summed E-state index contributed by atoms with van der Waals surface area (Å²) in [4.78, 5) is 31.5. The molecule has 0 unspecified atom stereocenters. The third-order valence-corrected chi connectivity index (χ3v) is 7.85. The summed E-state index contributed by atoms with van der Waals surface area (Å²) in [5, 5.41) is 0.374. The molecule has 2 amide bonds. The molecular formula is C22H24F2N4O5S. The van der Waals surface area contributed by atoms with Crippen LogP contribution >= 0.6 is 0 Å². The number of piperazine rings is 1. The fourth-order valence-electron chi connectivity index (χ4n) is 4.01. The molecule has 0 atom stereocenters. The van der Waals surface area contributed by atoms with Gasteiger partial charge in [-0.05, 0) is 37.1 Å². The van der Waals surface area contributed by atoms with Crippen LogP contribution < -0.4 is 4.74 Å². The van der Waals surface area contributed by atoms with Crippen molar-refractivity contribution in [2.75, 3.05) is 32.7 Å². The molecule has 1 saturated heterocycles. The van der Waals surface area contributed by atoms with E-state index in [4.69, 9.17) is 0 Å². The van der Waals surface area contributed by atoms with Crippen LogP contribution in [0, 0.1) is 0 Å². The number of sulfonamides is 1. The van der Waals surface area contributed by atoms with E-state index in [0.29, 0.717) is 0 Å². The summed E-state index contributed by atoms with van der Waals surface area (Å²) in [7, 11) is -3.98. The molecule has 1 aromatic carbocycles. The molecule has 2 heterocycles. The molecular weight excluding hydrogens is 470 g/mol. The second kappa shape index (κ2) is 9.63. The van der Waals surface area contributed by atoms with Gasteiger partial charge >= 0.3 is 6.61 Å². The molecule has 1 aliphatic carbocycles. The standard InChI is InChI=1S/C22H24F2N4O5S/c1-2-19(29)28(15-6-7-15)14-20(30)26-10-12-27(13-11-26)34(31,32)18-5-3-4-17-16(18)8-9-25-21(17)33-22(23)24/h2-5,8-9,15,22H,1,6-7,10-14H2. The summed E-state index contributed by atoms with van der Waals surface area (Å²) in [5.41, 5.74) is 0. The van der Waals surface area contributed by atoms with Crippen LogP contribution in [-0.2, 0) is 19.6 Å². The van der Waals surface area contributed by atoms with Crippen molar-refractivity contribution < 1.29 is 31.5 Å². The third-order valence-electron chi connectivity index (χ3n) is 5.89. The Balaban J connectivity index is 1.48. The molecule has 2 fully saturated rings. The highest BCUT2D eigenvalue weighted by molar-refractivity contribution is 7.89. The lowest BCUT2D eigenvalue weighted by Gasteiger charge is -2.35. The van der Waals surface area contributed by atoms with E-state index in [9.17, 15) is 26.8 Å². The van der Waals surface area contributed by atoms with Crippen molar-refractivity contribution in [3.8, 4) is 5.88 Å². The van der Waals surface area contributed by atoms with Gasteiger partial charge in [0, 0.05) is 49.2 Å². The van der Waals surface area contributed by atoms with E-state index in [0.717, 1.165) is 12.8 Å². The van der Waals surface area contributed by atoms with Gasteiger partial charge in [0.1, 0.15) is 6.54 Å². The minimum Gasteiger partial charge on any atom is -0.416 e. The first-order valence-corrected chi connectivity index (χ1v) is 12.2. The zero-order valence-corrected chi connectivity index (χ0v) is 19.1. The molecule has 1 aliphatic heterocycles. The molecule has 4 rings (SSSR count). The van der Waals surface area contributed by atoms with Gasteiger partial charge in [-0.1, -0.05) is 12.6 Å². The quantitative estimate of drug-likeness (QED) is 0.520. The Morgan fingerprint density at radius 2 is 1.88 bits per heavy atom. The van der Waals surface area contributed by atoms with E-state index in [1.54, 1.807) is 4.90 Å². The predicted octanol–water partition coefficient (Wildman–Crippen LogP) is 1.85. The van der Waals surface area contributed by atoms with Crippen molar-refractivity contribution in [1.29, 1.82) is 0 Å². The highest BCUT2D eigenvalue weighted by Crippen LogP contribution is 2.31. The maximum atomic E-state index is 13.4. The molecule has 0 N–H and O–H groups in total. The van der Waals surface area contributed by atoms with E-state index in [-0.39, 0.29) is 72.1 Å². The van der Waals surface area contributed by atoms with E-state index < -0.39 is 16.6 Å². The van der Waals surface area contributed by atoms with Gasteiger partial charge in [-0.25, -0.2) is 13.4 Å². The summed E-state index contributed by atoms with van der Waals surface area (Å²) in [6, 6.07) is 5.79. The summed E-state index contributed by atoms with van der Waals surface area (Å²) in [6.07, 6.45) is 4.10. The van der Waals surface area contributed by atoms with E-state index in [1.165, 1.54) is 45.7 Å². The number of hydrogen-bond acceptors (Lipinski definition) is 6. The first-order valence-electron chi connectivity index (χ1n) is 10.8. The van der Waals surface area contributed by atoms with Crippen molar-refractivity contribution >= 4 is 32.6 Å². The van der Waals surface area contributed by atoms with Crippen LogP contribution in [0.4, 0.5) is 8.78 Å². The summed E-state index contributed by atoms with van der Waals surface area (Å²) < 4.78 is 57.9. The summed E-state index contributed by atoms with van der Waals surface area (Å²) >= 11 is 0. The summed E-state index contributed by atoms with van der Waals surface area (Å²) in [5.74, 6) is -0.892. The monoisotopic (exact) mass is 494 g/mol. The molecule has 0 radical (unpaired) electrons. The van der Waals surface area contributed by atoms with Crippen LogP contribution in [0.5, 0.6) is 5.88 Å². The zero-order chi connectivity index (χ0) is 24.5. The number of carbonyl (C=O) groups excluding carboxylic acids is 2. The third kappa shape index (κ3) is 4.87. The second-order valence-corrected chi connectivity index (χ2v) is 9.94. The zero-order valence-electron chi connectivity index (χ0n) is 18.3. The lowest BCUT2D eigenvalue weighted by Crippen LogP contribution is -2.53. The Bertz CT molecular complexity index is 1210. The molecule has 34 heavy (non-hydrogen) atoms. The average Bonchev–Trinajstić information content (AvgIpc) is 3.67. The van der Waals surface area contributed by atoms with Crippen LogP contribution in [-0.4, -0.2) is 84.7 Å². The van der Waals surface area contributed by atoms with Crippen molar-refractivity contribution in [3.05, 3.63) is 43.1 Å². The molecule has 182 valence electrons. The first-order chi connectivity index (χ1) is 16.2. The molecule has 1 aromatic heterocycles. The largest absolute Gasteiger partial charge is 0.416 e. The number of nitrogens with zero attached hydrogens (tertiary/aromatic N) is 4. The van der Waals surface area contributed by atoms with Crippen LogP contribution in [0.25, 0.3) is 10.8 Å². The van der Waals surface area contributed by atoms with Crippen molar-refractivity contribution in [2.24, 2.45) is 0 Å². The van der Waals surface area contributed by atoms with Gasteiger partial charge in [-0.2, -0.15) is 13.1 Å². The van der Waals surface area contributed by atoms with Gasteiger partial charge in [0.2, 0.25) is 27.7 Å². The van der Waals surface area contributed by atoms with Gasteiger partial charge < -0.3 is 14.5 Å². The number of fused-ring (bicyclic) bond motifs is 1. The number of hydrogen-bond donors (Lipinski definition) is 0. The van der Waals surface area contributed by atoms with Gasteiger partial charge in [0.15, 0.2) is 0 Å². The van der Waals surface area contributed by atoms with Crippen LogP contribution in [0.3, 0.4) is 0 Å². The smallest absolute Gasteiger partial charge is 0.388 e. The Hall–Kier alpha value is -3.12. The van der Waals surface area contributed by atoms with Crippen molar-refractivity contribution in [1.82, 2.24) is 19.1 Å². The first kappa shape index (κ1) is 24.0. The van der Waals surface area contributed by atoms with E-state index >= 15 is 0 Å². The van der Waals surface area contributed by atoms with Gasteiger partial charge in [0.05, 0.1) is 4.90 Å². The van der Waals surface area contributed by atoms with Gasteiger partial charge in [0.25, 0.3) is 0 Å². The van der Waals surface area contributed by atoms with Crippen LogP contribution in [0.15, 0.2) is 48.0 Å². The number of aromatic nitrogens is 1. The Labute approximate surface area is 195 Å². The highest BCUT2D eigenvalue weighted by Gasteiger charge is 2.36. The molecule has 2 aliphatic rings. The van der Waals surface area contributed by atoms with Gasteiger partial charge in [-0.15, -0.1) is 0 Å². The Kier molecular flexibility index (Phi) is 6.80. The minimum absolute atomic E-state index is 0.0518. The topological polar surface area (TPSA) is 100 Å². The van der Waals surface area contributed by atoms with Gasteiger partial charge in [-0.3, -0.25) is 9.59 Å². The normalized spacial score (nSPS) is 17.1. The number of ether oxygens (including phenoxy) is 1. The predicted molar refractivity (Wildman–Crippen MR) is 119 cm³/mol. The SMILES string of the molecule is C=CC(=O)N(CC(=O)N1CCN(S(=O)(=O)c2cccc3c(OC(F)F)nccc23)CC1)C1CC1. The Morgan fingerprint density at radius 3 is 2.50 bits per heavy atom. The average molecular weight is 495 g/mol. The van der Waals surface area contributed by atoms with Crippen molar-refractivity contribution in [2.45, 2.75) is 30.4 Å². The number of alkyl halides is 2. The number of rotatable bonds is 8.